The van der Waals surface area contributed by atoms with E-state index in [2.05, 4.69) is 20.8 Å². The minimum atomic E-state index is -0.760. The van der Waals surface area contributed by atoms with E-state index < -0.39 is 6.10 Å². The molecule has 0 aliphatic heterocycles. The van der Waals surface area contributed by atoms with Gasteiger partial charge in [0.15, 0.2) is 6.10 Å². The Morgan fingerprint density at radius 3 is 0.580 bits per heavy atom. The van der Waals surface area contributed by atoms with Gasteiger partial charge in [0, 0.05) is 19.3 Å². The summed E-state index contributed by atoms with van der Waals surface area (Å²) in [6.45, 7) is 6.68. The van der Waals surface area contributed by atoms with Crippen molar-refractivity contribution in [2.24, 2.45) is 0 Å². The van der Waals surface area contributed by atoms with Crippen LogP contribution in [0.4, 0.5) is 0 Å². The monoisotopic (exact) mass is 975 g/mol. The predicted octanol–water partition coefficient (Wildman–Crippen LogP) is 21.1. The van der Waals surface area contributed by atoms with Gasteiger partial charge in [0.1, 0.15) is 13.2 Å². The average Bonchev–Trinajstić information content (AvgIpc) is 3.35. The molecule has 69 heavy (non-hydrogen) atoms. The van der Waals surface area contributed by atoms with Crippen LogP contribution in [0.2, 0.25) is 0 Å². The molecule has 1 unspecified atom stereocenters. The Hall–Kier alpha value is -1.59. The number of carbonyl (C=O) groups excluding carboxylic acids is 3. The number of hydrogen-bond donors (Lipinski definition) is 0. The highest BCUT2D eigenvalue weighted by Crippen LogP contribution is 2.18. The van der Waals surface area contributed by atoms with E-state index in [0.717, 1.165) is 57.8 Å². The standard InChI is InChI=1S/C63H122O6/c1-4-7-10-13-16-19-22-23-24-25-26-27-28-29-30-31-32-33-34-35-36-37-38-39-40-41-42-45-47-50-53-56-62(65)68-59-60(69-63(66)57-54-51-48-44-21-18-15-12-9-6-3)58-67-61(64)55-52-49-46-43-20-17-14-11-8-5-2/h60H,4-59H2,1-3H3. The Kier molecular flexibility index (Phi) is 57.6. The molecule has 0 radical (unpaired) electrons. The maximum absolute atomic E-state index is 12.8. The topological polar surface area (TPSA) is 78.9 Å². The largest absolute Gasteiger partial charge is 0.462 e. The zero-order valence-electron chi connectivity index (χ0n) is 47.1. The Balaban J connectivity index is 3.93. The molecule has 1 atom stereocenters. The van der Waals surface area contributed by atoms with Gasteiger partial charge >= 0.3 is 17.9 Å². The lowest BCUT2D eigenvalue weighted by Crippen LogP contribution is -2.30. The van der Waals surface area contributed by atoms with Crippen molar-refractivity contribution in [1.29, 1.82) is 0 Å². The molecule has 0 aromatic heterocycles. The fraction of sp³-hybridized carbons (Fsp3) is 0.952. The van der Waals surface area contributed by atoms with E-state index in [4.69, 9.17) is 14.2 Å². The predicted molar refractivity (Wildman–Crippen MR) is 298 cm³/mol. The van der Waals surface area contributed by atoms with Gasteiger partial charge in [-0.2, -0.15) is 0 Å². The van der Waals surface area contributed by atoms with Crippen molar-refractivity contribution in [3.05, 3.63) is 0 Å². The Morgan fingerprint density at radius 2 is 0.391 bits per heavy atom. The normalized spacial score (nSPS) is 11.9. The molecule has 0 heterocycles. The molecule has 6 heteroatoms. The van der Waals surface area contributed by atoms with Gasteiger partial charge in [0.25, 0.3) is 0 Å². The van der Waals surface area contributed by atoms with Crippen LogP contribution in [0.15, 0.2) is 0 Å². The number of rotatable bonds is 59. The lowest BCUT2D eigenvalue weighted by molar-refractivity contribution is -0.167. The highest BCUT2D eigenvalue weighted by Gasteiger charge is 2.19. The van der Waals surface area contributed by atoms with E-state index in [9.17, 15) is 14.4 Å². The SMILES string of the molecule is CCCCCCCCCCCCCCCCCCCCCCCCCCCCCCCCCC(=O)OCC(COC(=O)CCCCCCCCCCCC)OC(=O)CCCCCCCCCCCC. The minimum Gasteiger partial charge on any atom is -0.462 e. The average molecular weight is 976 g/mol. The smallest absolute Gasteiger partial charge is 0.306 e. The quantitative estimate of drug-likeness (QED) is 0.0343. The van der Waals surface area contributed by atoms with Crippen LogP contribution in [0.1, 0.15) is 367 Å². The van der Waals surface area contributed by atoms with Crippen molar-refractivity contribution in [2.75, 3.05) is 13.2 Å². The lowest BCUT2D eigenvalue weighted by atomic mass is 10.0. The molecule has 0 aliphatic rings. The van der Waals surface area contributed by atoms with Crippen LogP contribution in [0, 0.1) is 0 Å². The number of ether oxygens (including phenoxy) is 3. The molecule has 0 N–H and O–H groups in total. The third-order valence-corrected chi connectivity index (χ3v) is 14.6. The third-order valence-electron chi connectivity index (χ3n) is 14.6. The molecule has 0 aromatic carbocycles. The molecule has 0 saturated carbocycles. The van der Waals surface area contributed by atoms with Crippen LogP contribution < -0.4 is 0 Å². The molecule has 0 rings (SSSR count). The van der Waals surface area contributed by atoms with Crippen molar-refractivity contribution < 1.29 is 28.6 Å². The Labute approximate surface area is 431 Å². The second-order valence-corrected chi connectivity index (χ2v) is 21.7. The summed E-state index contributed by atoms with van der Waals surface area (Å²) in [5.74, 6) is -0.840. The van der Waals surface area contributed by atoms with Crippen LogP contribution >= 0.6 is 0 Å². The highest BCUT2D eigenvalue weighted by atomic mass is 16.6. The molecule has 0 bridgehead atoms. The van der Waals surface area contributed by atoms with Gasteiger partial charge in [-0.05, 0) is 19.3 Å². The molecule has 0 aromatic rings. The fourth-order valence-corrected chi connectivity index (χ4v) is 9.86. The molecule has 0 spiro atoms. The molecule has 0 fully saturated rings. The van der Waals surface area contributed by atoms with E-state index in [-0.39, 0.29) is 31.1 Å². The first kappa shape index (κ1) is 67.4. The zero-order chi connectivity index (χ0) is 50.0. The van der Waals surface area contributed by atoms with Crippen molar-refractivity contribution >= 4 is 17.9 Å². The first-order valence-electron chi connectivity index (χ1n) is 31.5. The summed E-state index contributed by atoms with van der Waals surface area (Å²) in [6, 6.07) is 0. The molecule has 410 valence electrons. The van der Waals surface area contributed by atoms with Gasteiger partial charge in [-0.1, -0.05) is 329 Å². The number of hydrogen-bond acceptors (Lipinski definition) is 6. The summed E-state index contributed by atoms with van der Waals surface area (Å²) in [6.07, 6.45) is 67.2. The Morgan fingerprint density at radius 1 is 0.232 bits per heavy atom. The maximum atomic E-state index is 12.8. The van der Waals surface area contributed by atoms with Gasteiger partial charge in [-0.3, -0.25) is 14.4 Å². The number of unbranched alkanes of at least 4 members (excludes halogenated alkanes) is 48. The molecular formula is C63H122O6. The van der Waals surface area contributed by atoms with Crippen molar-refractivity contribution in [3.63, 3.8) is 0 Å². The third kappa shape index (κ3) is 57.2. The van der Waals surface area contributed by atoms with E-state index in [1.54, 1.807) is 0 Å². The van der Waals surface area contributed by atoms with Crippen LogP contribution in [-0.4, -0.2) is 37.2 Å². The molecule has 0 aliphatic carbocycles. The van der Waals surface area contributed by atoms with Crippen molar-refractivity contribution in [2.45, 2.75) is 374 Å². The van der Waals surface area contributed by atoms with E-state index in [1.807, 2.05) is 0 Å². The summed E-state index contributed by atoms with van der Waals surface area (Å²) in [5.41, 5.74) is 0. The number of esters is 3. The second-order valence-electron chi connectivity index (χ2n) is 21.7. The van der Waals surface area contributed by atoms with E-state index >= 15 is 0 Å². The van der Waals surface area contributed by atoms with Crippen LogP contribution in [0.25, 0.3) is 0 Å². The molecule has 0 amide bonds. The molecular weight excluding hydrogens is 853 g/mol. The highest BCUT2D eigenvalue weighted by molar-refractivity contribution is 5.71. The first-order valence-corrected chi connectivity index (χ1v) is 31.5. The van der Waals surface area contributed by atoms with Gasteiger partial charge in [-0.15, -0.1) is 0 Å². The molecule has 0 saturated heterocycles. The summed E-state index contributed by atoms with van der Waals surface area (Å²) in [4.78, 5) is 38.0. The van der Waals surface area contributed by atoms with Crippen molar-refractivity contribution in [3.8, 4) is 0 Å². The van der Waals surface area contributed by atoms with E-state index in [0.29, 0.717) is 19.3 Å². The van der Waals surface area contributed by atoms with Crippen LogP contribution in [0.3, 0.4) is 0 Å². The van der Waals surface area contributed by atoms with Gasteiger partial charge in [-0.25, -0.2) is 0 Å². The van der Waals surface area contributed by atoms with Gasteiger partial charge in [0.05, 0.1) is 0 Å². The van der Waals surface area contributed by atoms with Gasteiger partial charge < -0.3 is 14.2 Å². The van der Waals surface area contributed by atoms with E-state index in [1.165, 1.54) is 270 Å². The molecule has 6 nitrogen and oxygen atoms in total. The summed E-state index contributed by atoms with van der Waals surface area (Å²) < 4.78 is 16.8. The van der Waals surface area contributed by atoms with Crippen LogP contribution in [0.5, 0.6) is 0 Å². The summed E-state index contributed by atoms with van der Waals surface area (Å²) in [5, 5.41) is 0. The Bertz CT molecular complexity index is 1030. The van der Waals surface area contributed by atoms with Crippen LogP contribution in [-0.2, 0) is 28.6 Å². The number of carbonyl (C=O) groups is 3. The summed E-state index contributed by atoms with van der Waals surface area (Å²) in [7, 11) is 0. The zero-order valence-corrected chi connectivity index (χ0v) is 47.1. The first-order chi connectivity index (χ1) is 34.0. The lowest BCUT2D eigenvalue weighted by Gasteiger charge is -2.18. The minimum absolute atomic E-state index is 0.0618. The second kappa shape index (κ2) is 59.0. The van der Waals surface area contributed by atoms with Crippen molar-refractivity contribution in [1.82, 2.24) is 0 Å². The maximum Gasteiger partial charge on any atom is 0.306 e. The summed E-state index contributed by atoms with van der Waals surface area (Å²) >= 11 is 0. The van der Waals surface area contributed by atoms with Gasteiger partial charge in [0.2, 0.25) is 0 Å². The fourth-order valence-electron chi connectivity index (χ4n) is 9.86.